The van der Waals surface area contributed by atoms with Crippen LogP contribution < -0.4 is 10.1 Å². The van der Waals surface area contributed by atoms with Crippen molar-refractivity contribution >= 4 is 5.69 Å². The molecule has 1 aromatic rings. The molecule has 13 heavy (non-hydrogen) atoms. The summed E-state index contributed by atoms with van der Waals surface area (Å²) in [6, 6.07) is 4.22. The number of fused-ring (bicyclic) bond motifs is 1. The van der Waals surface area contributed by atoms with Crippen molar-refractivity contribution in [1.82, 2.24) is 0 Å². The molecule has 2 nitrogen and oxygen atoms in total. The van der Waals surface area contributed by atoms with Gasteiger partial charge in [-0.25, -0.2) is 0 Å². The van der Waals surface area contributed by atoms with Gasteiger partial charge in [-0.2, -0.15) is 0 Å². The summed E-state index contributed by atoms with van der Waals surface area (Å²) in [4.78, 5) is 0. The Balaban J connectivity index is 2.48. The fourth-order valence-corrected chi connectivity index (χ4v) is 1.92. The van der Waals surface area contributed by atoms with E-state index in [4.69, 9.17) is 4.74 Å². The van der Waals surface area contributed by atoms with Crippen molar-refractivity contribution < 1.29 is 4.74 Å². The van der Waals surface area contributed by atoms with Gasteiger partial charge in [-0.05, 0) is 31.4 Å². The highest BCUT2D eigenvalue weighted by atomic mass is 16.5. The van der Waals surface area contributed by atoms with Gasteiger partial charge in [-0.1, -0.05) is 6.07 Å². The van der Waals surface area contributed by atoms with E-state index in [0.29, 0.717) is 0 Å². The number of rotatable bonds is 1. The van der Waals surface area contributed by atoms with Crippen LogP contribution in [0.4, 0.5) is 5.69 Å². The van der Waals surface area contributed by atoms with Gasteiger partial charge in [0.1, 0.15) is 5.75 Å². The Morgan fingerprint density at radius 2 is 2.23 bits per heavy atom. The Morgan fingerprint density at radius 1 is 1.38 bits per heavy atom. The Kier molecular flexibility index (Phi) is 2.13. The van der Waals surface area contributed by atoms with Gasteiger partial charge >= 0.3 is 0 Å². The molecule has 2 rings (SSSR count). The molecule has 0 fully saturated rings. The lowest BCUT2D eigenvalue weighted by Crippen LogP contribution is -2.13. The molecule has 1 aromatic carbocycles. The first-order valence-electron chi connectivity index (χ1n) is 4.73. The van der Waals surface area contributed by atoms with Gasteiger partial charge in [0.15, 0.2) is 0 Å². The third kappa shape index (κ3) is 1.37. The minimum absolute atomic E-state index is 0.980. The maximum atomic E-state index is 5.27. The average Bonchev–Trinajstić information content (AvgIpc) is 2.19. The van der Waals surface area contributed by atoms with E-state index in [2.05, 4.69) is 24.4 Å². The van der Waals surface area contributed by atoms with Crippen LogP contribution in [0.25, 0.3) is 0 Å². The Labute approximate surface area is 78.9 Å². The average molecular weight is 177 g/mol. The normalized spacial score (nSPS) is 14.6. The number of benzene rings is 1. The maximum absolute atomic E-state index is 5.27. The summed E-state index contributed by atoms with van der Waals surface area (Å²) in [5, 5.41) is 3.43. The van der Waals surface area contributed by atoms with Crippen LogP contribution >= 0.6 is 0 Å². The second kappa shape index (κ2) is 3.29. The summed E-state index contributed by atoms with van der Waals surface area (Å²) in [7, 11) is 1.72. The number of nitrogens with one attached hydrogen (secondary N) is 1. The number of hydrogen-bond acceptors (Lipinski definition) is 2. The molecule has 0 atom stereocenters. The fraction of sp³-hybridized carbons (Fsp3) is 0.455. The van der Waals surface area contributed by atoms with Crippen LogP contribution in [0.3, 0.4) is 0 Å². The number of anilines is 1. The van der Waals surface area contributed by atoms with Crippen molar-refractivity contribution in [2.45, 2.75) is 19.8 Å². The zero-order valence-electron chi connectivity index (χ0n) is 8.18. The summed E-state index contributed by atoms with van der Waals surface area (Å²) in [6.07, 6.45) is 2.42. The van der Waals surface area contributed by atoms with Crippen LogP contribution in [0.5, 0.6) is 5.75 Å². The molecule has 1 heterocycles. The first kappa shape index (κ1) is 8.42. The summed E-state index contributed by atoms with van der Waals surface area (Å²) in [5.74, 6) is 0.980. The van der Waals surface area contributed by atoms with E-state index < -0.39 is 0 Å². The lowest BCUT2D eigenvalue weighted by molar-refractivity contribution is 0.411. The summed E-state index contributed by atoms with van der Waals surface area (Å²) in [6.45, 7) is 3.19. The van der Waals surface area contributed by atoms with E-state index >= 15 is 0 Å². The SMILES string of the molecule is COc1ccc2c(c1C)NCCC2. The second-order valence-corrected chi connectivity index (χ2v) is 3.46. The van der Waals surface area contributed by atoms with Crippen molar-refractivity contribution in [3.05, 3.63) is 23.3 Å². The Morgan fingerprint density at radius 3 is 3.00 bits per heavy atom. The van der Waals surface area contributed by atoms with Crippen LogP contribution in [0.1, 0.15) is 17.5 Å². The van der Waals surface area contributed by atoms with E-state index in [1.54, 1.807) is 7.11 Å². The number of methoxy groups -OCH3 is 1. The lowest BCUT2D eigenvalue weighted by Gasteiger charge is -2.21. The predicted molar refractivity (Wildman–Crippen MR) is 54.5 cm³/mol. The highest BCUT2D eigenvalue weighted by Gasteiger charge is 2.12. The van der Waals surface area contributed by atoms with Crippen LogP contribution in [0, 0.1) is 6.92 Å². The molecule has 1 aliphatic rings. The Hall–Kier alpha value is -1.18. The second-order valence-electron chi connectivity index (χ2n) is 3.46. The van der Waals surface area contributed by atoms with Gasteiger partial charge in [0.25, 0.3) is 0 Å². The third-order valence-corrected chi connectivity index (χ3v) is 2.65. The molecule has 0 spiro atoms. The number of aryl methyl sites for hydroxylation is 1. The smallest absolute Gasteiger partial charge is 0.123 e. The largest absolute Gasteiger partial charge is 0.496 e. The minimum atomic E-state index is 0.980. The predicted octanol–water partition coefficient (Wildman–Crippen LogP) is 2.36. The summed E-state index contributed by atoms with van der Waals surface area (Å²) >= 11 is 0. The monoisotopic (exact) mass is 177 g/mol. The quantitative estimate of drug-likeness (QED) is 0.711. The van der Waals surface area contributed by atoms with Crippen molar-refractivity contribution in [2.75, 3.05) is 19.0 Å². The molecule has 0 aliphatic carbocycles. The van der Waals surface area contributed by atoms with E-state index in [0.717, 1.165) is 12.3 Å². The van der Waals surface area contributed by atoms with E-state index in [9.17, 15) is 0 Å². The minimum Gasteiger partial charge on any atom is -0.496 e. The van der Waals surface area contributed by atoms with Gasteiger partial charge in [-0.15, -0.1) is 0 Å². The molecule has 0 unspecified atom stereocenters. The molecular formula is C11H15NO. The molecule has 1 N–H and O–H groups in total. The van der Waals surface area contributed by atoms with Gasteiger partial charge in [-0.3, -0.25) is 0 Å². The summed E-state index contributed by atoms with van der Waals surface area (Å²) in [5.41, 5.74) is 3.94. The molecule has 70 valence electrons. The highest BCUT2D eigenvalue weighted by molar-refractivity contribution is 5.63. The zero-order chi connectivity index (χ0) is 9.26. The molecule has 0 aromatic heterocycles. The molecule has 1 aliphatic heterocycles. The van der Waals surface area contributed by atoms with E-state index in [-0.39, 0.29) is 0 Å². The molecule has 0 bridgehead atoms. The van der Waals surface area contributed by atoms with E-state index in [1.807, 2.05) is 0 Å². The van der Waals surface area contributed by atoms with Crippen molar-refractivity contribution in [1.29, 1.82) is 0 Å². The topological polar surface area (TPSA) is 21.3 Å². The first-order valence-corrected chi connectivity index (χ1v) is 4.73. The lowest BCUT2D eigenvalue weighted by atomic mass is 9.99. The molecule has 0 saturated heterocycles. The standard InChI is InChI=1S/C11H15NO/c1-8-10(13-2)6-5-9-4-3-7-12-11(8)9/h5-6,12H,3-4,7H2,1-2H3. The Bertz CT molecular complexity index is 320. The molecule has 0 radical (unpaired) electrons. The zero-order valence-corrected chi connectivity index (χ0v) is 8.18. The molecule has 0 saturated carbocycles. The number of hydrogen-bond donors (Lipinski definition) is 1. The van der Waals surface area contributed by atoms with Crippen LogP contribution in [-0.2, 0) is 6.42 Å². The van der Waals surface area contributed by atoms with Crippen LogP contribution in [0.15, 0.2) is 12.1 Å². The van der Waals surface area contributed by atoms with Gasteiger partial charge in [0.05, 0.1) is 7.11 Å². The van der Waals surface area contributed by atoms with Gasteiger partial charge in [0, 0.05) is 17.8 Å². The van der Waals surface area contributed by atoms with E-state index in [1.165, 1.54) is 29.7 Å². The first-order chi connectivity index (χ1) is 6.33. The fourth-order valence-electron chi connectivity index (χ4n) is 1.92. The molecule has 0 amide bonds. The van der Waals surface area contributed by atoms with Crippen molar-refractivity contribution in [2.24, 2.45) is 0 Å². The van der Waals surface area contributed by atoms with Gasteiger partial charge < -0.3 is 10.1 Å². The van der Waals surface area contributed by atoms with Crippen LogP contribution in [-0.4, -0.2) is 13.7 Å². The number of ether oxygens (including phenoxy) is 1. The highest BCUT2D eigenvalue weighted by Crippen LogP contribution is 2.31. The molecule has 2 heteroatoms. The maximum Gasteiger partial charge on any atom is 0.123 e. The van der Waals surface area contributed by atoms with Crippen molar-refractivity contribution in [3.8, 4) is 5.75 Å². The van der Waals surface area contributed by atoms with Crippen molar-refractivity contribution in [3.63, 3.8) is 0 Å². The van der Waals surface area contributed by atoms with Crippen LogP contribution in [0.2, 0.25) is 0 Å². The molecular weight excluding hydrogens is 162 g/mol. The summed E-state index contributed by atoms with van der Waals surface area (Å²) < 4.78 is 5.27. The van der Waals surface area contributed by atoms with Gasteiger partial charge in [0.2, 0.25) is 0 Å². The third-order valence-electron chi connectivity index (χ3n) is 2.65.